The number of allylic oxidation sites excluding steroid dienone is 2. The fraction of sp³-hybridized carbons (Fsp3) is 0.494. The number of rotatable bonds is 33. The highest BCUT2D eigenvalue weighted by Gasteiger charge is 2.63. The molecule has 0 saturated carbocycles. The number of carbonyl (C=O) groups excluding carboxylic acids is 6. The normalized spacial score (nSPS) is 32.9. The molecule has 1 unspecified atom stereocenters. The second-order valence-corrected chi connectivity index (χ2v) is 30.4. The molecule has 648 valence electrons. The fourth-order valence-electron chi connectivity index (χ4n) is 14.2. The highest BCUT2D eigenvalue weighted by Crippen LogP contribution is 2.49. The van der Waals surface area contributed by atoms with E-state index in [0.29, 0.717) is 12.4 Å². The number of aliphatic hydroxyl groups excluding tert-OH is 10. The number of carboxylic acid groups (broad SMARTS) is 1. The van der Waals surface area contributed by atoms with Gasteiger partial charge in [0.2, 0.25) is 17.7 Å². The number of phosphoric ester groups is 1. The molecule has 0 bridgehead atoms. The molecule has 119 heavy (non-hydrogen) atoms. The molecule has 42 heteroatoms. The Labute approximate surface area is 677 Å². The van der Waals surface area contributed by atoms with Crippen molar-refractivity contribution in [3.8, 4) is 33.8 Å². The van der Waals surface area contributed by atoms with Crippen LogP contribution in [0.1, 0.15) is 57.2 Å². The van der Waals surface area contributed by atoms with Gasteiger partial charge in [-0.15, -0.1) is 0 Å². The molecule has 27 atom stereocenters. The molecular weight excluding hydrogens is 1600 g/mol. The molecule has 5 aromatic carbocycles. The first kappa shape index (κ1) is 90.6. The number of carboxylic acids is 1. The fourth-order valence-corrected chi connectivity index (χ4v) is 15.0. The van der Waals surface area contributed by atoms with Gasteiger partial charge in [0, 0.05) is 32.3 Å². The number of para-hydroxylation sites is 1. The number of nitrogens with two attached hydrogens (primary N) is 2. The maximum Gasteiger partial charge on any atom is 0.474 e. The molecule has 1 aliphatic carbocycles. The molecule has 20 N–H and O–H groups in total. The van der Waals surface area contributed by atoms with E-state index in [0.717, 1.165) is 54.2 Å². The first-order valence-corrected chi connectivity index (χ1v) is 38.9. The molecule has 5 aliphatic heterocycles. The van der Waals surface area contributed by atoms with Gasteiger partial charge in [-0.3, -0.25) is 33.0 Å². The number of carbonyl (C=O) groups is 7. The number of phosphoric acid groups is 1. The van der Waals surface area contributed by atoms with Gasteiger partial charge in [0.15, 0.2) is 67.8 Å². The summed E-state index contributed by atoms with van der Waals surface area (Å²) in [5, 5.41) is 140. The summed E-state index contributed by atoms with van der Waals surface area (Å²) in [4.78, 5) is 103. The Kier molecular flexibility index (Phi) is 30.1. The summed E-state index contributed by atoms with van der Waals surface area (Å²) in [7, 11) is -5.95. The van der Waals surface area contributed by atoms with Crippen LogP contribution >= 0.6 is 7.82 Å². The number of aliphatic hydroxyl groups is 11. The number of ketones is 1. The number of aliphatic carboxylic acids is 1. The lowest BCUT2D eigenvalue weighted by atomic mass is 9.85. The van der Waals surface area contributed by atoms with Crippen LogP contribution in [0.15, 0.2) is 139 Å². The monoisotopic (exact) mass is 1700 g/mol. The Morgan fingerprint density at radius 1 is 0.605 bits per heavy atom. The summed E-state index contributed by atoms with van der Waals surface area (Å²) in [6.45, 7) is 0.214. The molecule has 0 radical (unpaired) electrons. The van der Waals surface area contributed by atoms with Crippen molar-refractivity contribution < 1.29 is 175 Å². The predicted octanol–water partition coefficient (Wildman–Crippen LogP) is -2.06. The van der Waals surface area contributed by atoms with Gasteiger partial charge in [0.25, 0.3) is 5.91 Å². The highest BCUT2D eigenvalue weighted by molar-refractivity contribution is 7.47. The third-order valence-corrected chi connectivity index (χ3v) is 21.2. The minimum Gasteiger partial charge on any atom is -0.510 e. The lowest BCUT2D eigenvalue weighted by Gasteiger charge is -2.52. The van der Waals surface area contributed by atoms with E-state index in [1.807, 2.05) is 97.1 Å². The molecule has 5 amide bonds. The van der Waals surface area contributed by atoms with Crippen molar-refractivity contribution in [2.45, 2.75) is 219 Å². The lowest BCUT2D eigenvalue weighted by Crippen LogP contribution is -2.72. The minimum absolute atomic E-state index is 0.00118. The van der Waals surface area contributed by atoms with Crippen LogP contribution in [0.2, 0.25) is 0 Å². The number of ether oxygens (including phenoxy) is 13. The van der Waals surface area contributed by atoms with E-state index in [4.69, 9.17) is 82.1 Å². The second-order valence-electron chi connectivity index (χ2n) is 29.0. The van der Waals surface area contributed by atoms with Crippen LogP contribution in [0.3, 0.4) is 0 Å². The van der Waals surface area contributed by atoms with Crippen LogP contribution in [0, 0.1) is 0 Å². The molecular formula is C77H94N5O36P. The van der Waals surface area contributed by atoms with Gasteiger partial charge in [-0.2, -0.15) is 0 Å². The van der Waals surface area contributed by atoms with Crippen LogP contribution in [0.25, 0.3) is 22.3 Å². The molecule has 5 fully saturated rings. The van der Waals surface area contributed by atoms with Crippen molar-refractivity contribution in [3.05, 3.63) is 156 Å². The van der Waals surface area contributed by atoms with Crippen molar-refractivity contribution in [1.29, 1.82) is 0 Å². The number of hydrogen-bond donors (Lipinski definition) is 18. The quantitative estimate of drug-likeness (QED) is 0.0201. The van der Waals surface area contributed by atoms with E-state index in [2.05, 4.69) is 22.0 Å². The number of nitrogens with one attached hydrogen (secondary N) is 3. The zero-order chi connectivity index (χ0) is 86.1. The van der Waals surface area contributed by atoms with Gasteiger partial charge >= 0.3 is 19.9 Å². The topological polar surface area (TPSA) is 626 Å². The number of benzene rings is 5. The maximum absolute atomic E-state index is 14.3. The van der Waals surface area contributed by atoms with E-state index in [-0.39, 0.29) is 30.8 Å². The Bertz CT molecular complexity index is 4470. The van der Waals surface area contributed by atoms with Crippen molar-refractivity contribution in [3.63, 3.8) is 0 Å². The summed E-state index contributed by atoms with van der Waals surface area (Å²) in [5.74, 6) is -6.93. The van der Waals surface area contributed by atoms with E-state index < -0.39 is 246 Å². The Morgan fingerprint density at radius 2 is 1.17 bits per heavy atom. The largest absolute Gasteiger partial charge is 0.510 e. The predicted molar refractivity (Wildman–Crippen MR) is 398 cm³/mol. The molecule has 5 heterocycles. The smallest absolute Gasteiger partial charge is 0.474 e. The Morgan fingerprint density at radius 3 is 1.79 bits per heavy atom. The average molecular weight is 1700 g/mol. The molecule has 5 aromatic rings. The van der Waals surface area contributed by atoms with E-state index in [1.54, 1.807) is 24.3 Å². The maximum atomic E-state index is 14.3. The standard InChI is InChI=1S/C77H94N5O36P/c1-34-62(112-74-61(95)58(92)59(93)64(114-74)69(97)82-51-45(86)23-24-46(51)87)55(89)52(80-35(2)84)71(109-34)113-63-49(32-107-73-60(94)57(91)54(88)48(28-83)110-73)111-72(53(56(63)90)81-36(3)85)115-65-66(117-76(79)100)77(4,101)67(68(78)96)116-75(65)118-119(102,103)108-33-50(70(98)99)106-31-43-17-8-9-22-47(43)105-30-38-14-11-19-41(26-38)42-20-12-21-44(27-42)104-29-37-13-10-18-40(25-37)39-15-6-5-7-16-39/h5-22,25-27,34,48-50,52-67,71-75,83,86,88-95,101H,23-24,28-33H2,1-4H3,(H2,78,96)(H2,79,100)(H,80,84)(H,81,85)(H,82,97)(H,98,99)(H,102,103)/t34-,48-,49-,50-,52-,53-,54-,55-,56-,57+,58+,59-,60-,61-,62-,63-,64+,65-,66-,67-,71+,72+,73-,74-,75-,77+/m1/s1. The summed E-state index contributed by atoms with van der Waals surface area (Å²) >= 11 is 0. The lowest BCUT2D eigenvalue weighted by molar-refractivity contribution is -0.375. The minimum atomic E-state index is -5.95. The van der Waals surface area contributed by atoms with Crippen LogP contribution in [-0.2, 0) is 114 Å². The van der Waals surface area contributed by atoms with E-state index >= 15 is 0 Å². The second kappa shape index (κ2) is 39.6. The molecule has 6 aliphatic rings. The molecule has 11 rings (SSSR count). The molecule has 41 nitrogen and oxygen atoms in total. The Hall–Kier alpha value is -9.16. The number of Topliss-reactive ketones (excluding diaryl/α,β-unsaturated/α-hetero) is 1. The van der Waals surface area contributed by atoms with Crippen LogP contribution < -0.4 is 36.9 Å². The number of amides is 5. The average Bonchev–Trinajstić information content (AvgIpc) is 0.830. The molecule has 0 aromatic heterocycles. The van der Waals surface area contributed by atoms with Gasteiger partial charge < -0.3 is 155 Å². The van der Waals surface area contributed by atoms with Gasteiger partial charge in [0.1, 0.15) is 127 Å². The first-order chi connectivity index (χ1) is 56.5. The first-order valence-electron chi connectivity index (χ1n) is 37.4. The van der Waals surface area contributed by atoms with Crippen molar-refractivity contribution in [1.82, 2.24) is 16.0 Å². The van der Waals surface area contributed by atoms with Gasteiger partial charge in [-0.1, -0.05) is 97.1 Å². The van der Waals surface area contributed by atoms with Crippen molar-refractivity contribution >= 4 is 49.3 Å². The SMILES string of the molecule is CC(=O)N[C@H]1[C@H](O[C@H]2[C@H](O)[C@@H](NC(C)=O)[C@H](O[C@H]3[C@@H](OP(=O)(O)OC[C@@H](OCc4ccccc4OCc4cccc(-c5cccc(OCc6cccc(-c7ccccc7)c6)c5)c4)C(=O)O)O[C@H](C(N)=O)[C@@](C)(O)[C@@H]3OC(N)=O)O[C@@H]2CO[C@@H]2O[C@H](CO)[C@@H](O)[C@H](O)[C@H]2O)O[C@H](C)[C@@H](O[C@@H]2O[C@H](C(=O)NC3=C(O)CCC3=O)[C@H](O)[C@H](O)[C@H]2O)[C@@H]1O. The van der Waals surface area contributed by atoms with E-state index in [9.17, 15) is 104 Å². The van der Waals surface area contributed by atoms with Crippen LogP contribution in [0.4, 0.5) is 4.79 Å². The van der Waals surface area contributed by atoms with E-state index in [1.165, 1.54) is 6.92 Å². The zero-order valence-electron chi connectivity index (χ0n) is 64.0. The summed E-state index contributed by atoms with van der Waals surface area (Å²) in [5.41, 5.74) is 13.5. The van der Waals surface area contributed by atoms with Gasteiger partial charge in [0.05, 0.1) is 32.5 Å². The summed E-state index contributed by atoms with van der Waals surface area (Å²) < 4.78 is 102. The van der Waals surface area contributed by atoms with Gasteiger partial charge in [-0.25, -0.2) is 14.2 Å². The van der Waals surface area contributed by atoms with Gasteiger partial charge in [-0.05, 0) is 77.6 Å². The van der Waals surface area contributed by atoms with Crippen molar-refractivity contribution in [2.24, 2.45) is 11.5 Å². The summed E-state index contributed by atoms with van der Waals surface area (Å²) in [6.07, 6.45) is -51.8. The molecule has 0 spiro atoms. The molecule has 5 saturated heterocycles. The number of hydrogen-bond acceptors (Lipinski definition) is 34. The Balaban J connectivity index is 0.806. The highest BCUT2D eigenvalue weighted by atomic mass is 31.2. The summed E-state index contributed by atoms with van der Waals surface area (Å²) in [6, 6.07) is 35.4. The van der Waals surface area contributed by atoms with Crippen molar-refractivity contribution in [2.75, 3.05) is 19.8 Å². The zero-order valence-corrected chi connectivity index (χ0v) is 64.9. The van der Waals surface area contributed by atoms with Crippen LogP contribution in [0.5, 0.6) is 11.5 Å². The van der Waals surface area contributed by atoms with Crippen LogP contribution in [-0.4, -0.2) is 286 Å². The third kappa shape index (κ3) is 22.0. The third-order valence-electron chi connectivity index (χ3n) is 20.3. The number of primary amides is 2.